The van der Waals surface area contributed by atoms with E-state index >= 15 is 0 Å². The van der Waals surface area contributed by atoms with E-state index in [4.69, 9.17) is 9.84 Å². The molecule has 0 radical (unpaired) electrons. The van der Waals surface area contributed by atoms with Crippen molar-refractivity contribution in [2.45, 2.75) is 168 Å². The first-order valence-corrected chi connectivity index (χ1v) is 14.6. The molecule has 200 valence electrons. The third-order valence-corrected chi connectivity index (χ3v) is 6.48. The van der Waals surface area contributed by atoms with Gasteiger partial charge in [0.2, 0.25) is 0 Å². The normalized spacial score (nSPS) is 12.3. The molecule has 0 aliphatic carbocycles. The van der Waals surface area contributed by atoms with E-state index in [1.807, 2.05) is 6.92 Å². The highest BCUT2D eigenvalue weighted by atomic mass is 16.5. The van der Waals surface area contributed by atoms with Crippen LogP contribution in [0.1, 0.15) is 162 Å². The molecule has 0 spiro atoms. The van der Waals surface area contributed by atoms with Gasteiger partial charge < -0.3 is 9.84 Å². The minimum absolute atomic E-state index is 0.0265. The summed E-state index contributed by atoms with van der Waals surface area (Å²) in [6, 6.07) is 0. The van der Waals surface area contributed by atoms with Crippen molar-refractivity contribution in [1.29, 1.82) is 0 Å². The van der Waals surface area contributed by atoms with Gasteiger partial charge in [0, 0.05) is 12.8 Å². The van der Waals surface area contributed by atoms with E-state index in [9.17, 15) is 9.59 Å². The molecule has 0 saturated heterocycles. The summed E-state index contributed by atoms with van der Waals surface area (Å²) in [6.07, 6.45) is 30.5. The molecule has 0 aliphatic heterocycles. The molecule has 0 aromatic carbocycles. The third kappa shape index (κ3) is 26.9. The maximum absolute atomic E-state index is 12.0. The molecule has 1 atom stereocenters. The van der Waals surface area contributed by atoms with E-state index < -0.39 is 5.97 Å². The van der Waals surface area contributed by atoms with Crippen LogP contribution in [0.15, 0.2) is 12.2 Å². The van der Waals surface area contributed by atoms with E-state index in [1.165, 1.54) is 89.9 Å². The molecule has 0 amide bonds. The number of rotatable bonds is 26. The maximum atomic E-state index is 12.0. The topological polar surface area (TPSA) is 63.6 Å². The standard InChI is InChI=1S/C30H56O4/c1-3-4-5-6-7-8-9-10-11-15-18-21-24-27-30(33)34-28(2)25-22-19-16-13-12-14-17-20-23-26-29(31)32/h8-9,28H,3-7,10-27H2,1-2H3,(H,31,32)/b9-8-. The summed E-state index contributed by atoms with van der Waals surface area (Å²) < 4.78 is 5.57. The summed E-state index contributed by atoms with van der Waals surface area (Å²) in [5, 5.41) is 8.61. The van der Waals surface area contributed by atoms with Crippen LogP contribution in [0.3, 0.4) is 0 Å². The number of hydrogen-bond acceptors (Lipinski definition) is 3. The molecule has 0 fully saturated rings. The summed E-state index contributed by atoms with van der Waals surface area (Å²) in [5.41, 5.74) is 0. The zero-order valence-corrected chi connectivity index (χ0v) is 22.7. The fourth-order valence-corrected chi connectivity index (χ4v) is 4.27. The van der Waals surface area contributed by atoms with Gasteiger partial charge >= 0.3 is 11.9 Å². The molecule has 34 heavy (non-hydrogen) atoms. The molecular weight excluding hydrogens is 424 g/mol. The van der Waals surface area contributed by atoms with Gasteiger partial charge in [0.25, 0.3) is 0 Å². The number of aliphatic carboxylic acids is 1. The van der Waals surface area contributed by atoms with Gasteiger partial charge in [-0.05, 0) is 58.3 Å². The van der Waals surface area contributed by atoms with Crippen LogP contribution in [0, 0.1) is 0 Å². The number of ether oxygens (including phenoxy) is 1. The molecule has 4 heteroatoms. The number of carboxylic acids is 1. The van der Waals surface area contributed by atoms with Crippen LogP contribution in [0.4, 0.5) is 0 Å². The van der Waals surface area contributed by atoms with Crippen LogP contribution in [-0.4, -0.2) is 23.1 Å². The second-order valence-corrected chi connectivity index (χ2v) is 10.0. The van der Waals surface area contributed by atoms with Crippen molar-refractivity contribution < 1.29 is 19.4 Å². The van der Waals surface area contributed by atoms with Crippen LogP contribution in [0.25, 0.3) is 0 Å². The highest BCUT2D eigenvalue weighted by molar-refractivity contribution is 5.69. The zero-order chi connectivity index (χ0) is 25.1. The lowest BCUT2D eigenvalue weighted by Gasteiger charge is -2.13. The van der Waals surface area contributed by atoms with E-state index in [-0.39, 0.29) is 12.1 Å². The molecule has 0 rings (SSSR count). The van der Waals surface area contributed by atoms with Crippen LogP contribution < -0.4 is 0 Å². The quantitative estimate of drug-likeness (QED) is 0.0760. The van der Waals surface area contributed by atoms with Crippen molar-refractivity contribution >= 4 is 11.9 Å². The van der Waals surface area contributed by atoms with E-state index in [1.54, 1.807) is 0 Å². The summed E-state index contributed by atoms with van der Waals surface area (Å²) >= 11 is 0. The first-order valence-electron chi connectivity index (χ1n) is 14.6. The van der Waals surface area contributed by atoms with E-state index in [2.05, 4.69) is 19.1 Å². The van der Waals surface area contributed by atoms with Crippen LogP contribution >= 0.6 is 0 Å². The van der Waals surface area contributed by atoms with Gasteiger partial charge in [0.1, 0.15) is 0 Å². The number of hydrogen-bond donors (Lipinski definition) is 1. The molecule has 4 nitrogen and oxygen atoms in total. The van der Waals surface area contributed by atoms with Gasteiger partial charge in [-0.3, -0.25) is 9.59 Å². The summed E-state index contributed by atoms with van der Waals surface area (Å²) in [7, 11) is 0. The van der Waals surface area contributed by atoms with E-state index in [0.717, 1.165) is 44.9 Å². The fourth-order valence-electron chi connectivity index (χ4n) is 4.27. The molecule has 1 N–H and O–H groups in total. The molecule has 0 bridgehead atoms. The van der Waals surface area contributed by atoms with Crippen molar-refractivity contribution in [3.8, 4) is 0 Å². The van der Waals surface area contributed by atoms with Gasteiger partial charge in [-0.2, -0.15) is 0 Å². The fraction of sp³-hybridized carbons (Fsp3) is 0.867. The largest absolute Gasteiger partial charge is 0.481 e. The van der Waals surface area contributed by atoms with Gasteiger partial charge in [-0.1, -0.05) is 103 Å². The minimum atomic E-state index is -0.683. The lowest BCUT2D eigenvalue weighted by atomic mass is 10.0. The number of unbranched alkanes of at least 4 members (excludes halogenated alkanes) is 17. The molecule has 0 saturated carbocycles. The van der Waals surface area contributed by atoms with Gasteiger partial charge in [0.05, 0.1) is 6.10 Å². The van der Waals surface area contributed by atoms with E-state index in [0.29, 0.717) is 12.8 Å². The summed E-state index contributed by atoms with van der Waals surface area (Å²) in [6.45, 7) is 4.27. The van der Waals surface area contributed by atoms with Crippen molar-refractivity contribution in [1.82, 2.24) is 0 Å². The minimum Gasteiger partial charge on any atom is -0.481 e. The maximum Gasteiger partial charge on any atom is 0.306 e. The predicted molar refractivity (Wildman–Crippen MR) is 144 cm³/mol. The third-order valence-electron chi connectivity index (χ3n) is 6.48. The lowest BCUT2D eigenvalue weighted by molar-refractivity contribution is -0.148. The van der Waals surface area contributed by atoms with Crippen molar-refractivity contribution in [2.75, 3.05) is 0 Å². The average molecular weight is 481 g/mol. The van der Waals surface area contributed by atoms with Gasteiger partial charge in [-0.15, -0.1) is 0 Å². The zero-order valence-electron chi connectivity index (χ0n) is 22.7. The van der Waals surface area contributed by atoms with Crippen molar-refractivity contribution in [2.24, 2.45) is 0 Å². The Hall–Kier alpha value is -1.32. The first kappa shape index (κ1) is 32.7. The molecule has 0 aliphatic rings. The molecule has 0 aromatic rings. The molecule has 1 unspecified atom stereocenters. The van der Waals surface area contributed by atoms with Crippen LogP contribution in [-0.2, 0) is 14.3 Å². The smallest absolute Gasteiger partial charge is 0.306 e. The van der Waals surface area contributed by atoms with Gasteiger partial charge in [-0.25, -0.2) is 0 Å². The number of allylic oxidation sites excluding steroid dienone is 2. The Balaban J connectivity index is 3.35. The Morgan fingerprint density at radius 1 is 0.647 bits per heavy atom. The Labute approximate surface area is 211 Å². The average Bonchev–Trinajstić information content (AvgIpc) is 2.80. The Morgan fingerprint density at radius 2 is 1.09 bits per heavy atom. The number of carbonyl (C=O) groups excluding carboxylic acids is 1. The second-order valence-electron chi connectivity index (χ2n) is 10.0. The molecule has 0 heterocycles. The predicted octanol–water partition coefficient (Wildman–Crippen LogP) is 9.55. The highest BCUT2D eigenvalue weighted by Gasteiger charge is 2.09. The van der Waals surface area contributed by atoms with Gasteiger partial charge in [0.15, 0.2) is 0 Å². The lowest BCUT2D eigenvalue weighted by Crippen LogP contribution is -2.14. The molecular formula is C30H56O4. The Kier molecular flexibility index (Phi) is 25.3. The van der Waals surface area contributed by atoms with Crippen molar-refractivity contribution in [3.63, 3.8) is 0 Å². The summed E-state index contributed by atoms with van der Waals surface area (Å²) in [5.74, 6) is -0.709. The second kappa shape index (κ2) is 26.3. The van der Waals surface area contributed by atoms with Crippen LogP contribution in [0.5, 0.6) is 0 Å². The number of carbonyl (C=O) groups is 2. The monoisotopic (exact) mass is 480 g/mol. The highest BCUT2D eigenvalue weighted by Crippen LogP contribution is 2.14. The number of carboxylic acid groups (broad SMARTS) is 1. The Bertz CT molecular complexity index is 486. The SMILES string of the molecule is CCCCCC/C=C\CCCCCCCC(=O)OC(C)CCCCCCCCCCCC(=O)O. The Morgan fingerprint density at radius 3 is 1.62 bits per heavy atom. The van der Waals surface area contributed by atoms with Crippen LogP contribution in [0.2, 0.25) is 0 Å². The molecule has 0 aromatic heterocycles. The first-order chi connectivity index (χ1) is 16.6. The summed E-state index contributed by atoms with van der Waals surface area (Å²) in [4.78, 5) is 22.5. The van der Waals surface area contributed by atoms with Crippen molar-refractivity contribution in [3.05, 3.63) is 12.2 Å². The number of esters is 1.